The first-order chi connectivity index (χ1) is 20.5. The summed E-state index contributed by atoms with van der Waals surface area (Å²) in [6.45, 7) is 2.98. The van der Waals surface area contributed by atoms with Crippen molar-refractivity contribution >= 4 is 60.1 Å². The molecule has 0 radical (unpaired) electrons. The third-order valence-corrected chi connectivity index (χ3v) is 8.31. The van der Waals surface area contributed by atoms with E-state index in [2.05, 4.69) is 10.6 Å². The Morgan fingerprint density at radius 3 is 2.42 bits per heavy atom. The fourth-order valence-corrected chi connectivity index (χ4v) is 6.39. The first-order valence-electron chi connectivity index (χ1n) is 13.0. The van der Waals surface area contributed by atoms with E-state index >= 15 is 0 Å². The van der Waals surface area contributed by atoms with Crippen molar-refractivity contribution in [3.05, 3.63) is 47.2 Å². The molecule has 0 bridgehead atoms. The summed E-state index contributed by atoms with van der Waals surface area (Å²) in [7, 11) is 0. The van der Waals surface area contributed by atoms with Crippen molar-refractivity contribution in [2.45, 2.75) is 37.5 Å². The molecule has 1 aromatic carbocycles. The Balaban J connectivity index is 1.72. The number of benzene rings is 1. The number of likely N-dealkylation sites (N-methyl/N-ethyl adjacent to an activating group) is 1. The molecule has 3 aliphatic heterocycles. The summed E-state index contributed by atoms with van der Waals surface area (Å²) in [5.74, 6) is -6.16. The smallest absolute Gasteiger partial charge is 0.352 e. The molecular weight excluding hydrogens is 588 g/mol. The van der Waals surface area contributed by atoms with Crippen molar-refractivity contribution in [3.8, 4) is 0 Å². The van der Waals surface area contributed by atoms with Crippen LogP contribution in [0, 0.1) is 0 Å². The average Bonchev–Trinajstić information content (AvgIpc) is 2.99. The molecule has 2 unspecified atom stereocenters. The SMILES string of the molecule is CCN1CCN(N(C=O)C(C(=O)NC(OC(C)=O)C2=C(C(=O)O)N3C(=O)[C@@H](NC=O)[C@H]3SC2)c2ccccc2)C(=O)C1=O. The number of β-lactam (4-membered cyclic amide) rings is 1. The van der Waals surface area contributed by atoms with E-state index in [1.165, 1.54) is 17.0 Å². The van der Waals surface area contributed by atoms with Crippen LogP contribution in [-0.4, -0.2) is 116 Å². The Bertz CT molecular complexity index is 1390. The molecule has 1 aromatic rings. The summed E-state index contributed by atoms with van der Waals surface area (Å²) >= 11 is 1.08. The fourth-order valence-electron chi connectivity index (χ4n) is 5.00. The number of nitrogens with one attached hydrogen (secondary N) is 2. The van der Waals surface area contributed by atoms with E-state index in [0.29, 0.717) is 6.41 Å². The number of thioether (sulfide) groups is 1. The van der Waals surface area contributed by atoms with Crippen LogP contribution in [0.1, 0.15) is 25.5 Å². The van der Waals surface area contributed by atoms with Crippen LogP contribution in [0.15, 0.2) is 41.6 Å². The molecule has 0 aromatic heterocycles. The van der Waals surface area contributed by atoms with Crippen molar-refractivity contribution in [1.82, 2.24) is 30.5 Å². The maximum absolute atomic E-state index is 13.9. The number of rotatable bonds is 12. The molecule has 17 heteroatoms. The topological polar surface area (TPSA) is 203 Å². The maximum Gasteiger partial charge on any atom is 0.352 e. The van der Waals surface area contributed by atoms with Crippen LogP contribution < -0.4 is 10.6 Å². The van der Waals surface area contributed by atoms with Gasteiger partial charge in [-0.3, -0.25) is 38.5 Å². The summed E-state index contributed by atoms with van der Waals surface area (Å²) < 4.78 is 5.31. The molecule has 3 aliphatic rings. The second kappa shape index (κ2) is 12.9. The van der Waals surface area contributed by atoms with Crippen molar-refractivity contribution < 1.29 is 48.2 Å². The van der Waals surface area contributed by atoms with Gasteiger partial charge in [0.1, 0.15) is 17.1 Å². The molecule has 16 nitrogen and oxygen atoms in total. The average molecular weight is 617 g/mol. The molecule has 3 N–H and O–H groups in total. The third-order valence-electron chi connectivity index (χ3n) is 7.00. The van der Waals surface area contributed by atoms with E-state index in [-0.39, 0.29) is 42.9 Å². The summed E-state index contributed by atoms with van der Waals surface area (Å²) in [6.07, 6.45) is -1.16. The number of carboxylic acid groups (broad SMARTS) is 1. The minimum atomic E-state index is -1.70. The third kappa shape index (κ3) is 5.88. The van der Waals surface area contributed by atoms with Gasteiger partial charge in [0.2, 0.25) is 19.0 Å². The number of aliphatic carboxylic acids is 1. The van der Waals surface area contributed by atoms with Crippen LogP contribution in [0.25, 0.3) is 0 Å². The molecule has 0 saturated carbocycles. The zero-order chi connectivity index (χ0) is 31.4. The molecule has 2 fully saturated rings. The molecule has 43 heavy (non-hydrogen) atoms. The number of hydrogen-bond acceptors (Lipinski definition) is 10. The predicted molar refractivity (Wildman–Crippen MR) is 145 cm³/mol. The van der Waals surface area contributed by atoms with E-state index in [0.717, 1.165) is 33.6 Å². The van der Waals surface area contributed by atoms with Gasteiger partial charge in [-0.2, -0.15) is 0 Å². The number of amides is 6. The van der Waals surface area contributed by atoms with Gasteiger partial charge in [0, 0.05) is 31.3 Å². The van der Waals surface area contributed by atoms with Gasteiger partial charge < -0.3 is 25.4 Å². The lowest BCUT2D eigenvalue weighted by Gasteiger charge is -2.49. The Morgan fingerprint density at radius 2 is 1.84 bits per heavy atom. The molecular formula is C26H28N6O10S. The molecule has 2 saturated heterocycles. The number of carboxylic acids is 1. The Kier molecular flexibility index (Phi) is 9.33. The van der Waals surface area contributed by atoms with Gasteiger partial charge in [0.15, 0.2) is 6.04 Å². The first kappa shape index (κ1) is 31.0. The Morgan fingerprint density at radius 1 is 1.14 bits per heavy atom. The maximum atomic E-state index is 13.9. The lowest BCUT2D eigenvalue weighted by molar-refractivity contribution is -0.177. The Labute approximate surface area is 248 Å². The quantitative estimate of drug-likeness (QED) is 0.0783. The standard InChI is InChI=1S/C26H28N6O10S/c1-3-29-9-10-30(24(39)23(29)38)31(13-34)18(15-7-5-4-6-8-15)20(36)28-21(42-14(2)35)16-11-43-25-17(27-12-33)22(37)32(25)19(16)26(40)41/h4-8,12-13,17-18,21,25H,3,9-11H2,1-2H3,(H,27,33)(H,28,36)(H,40,41)/t17-,18?,21?,25-/m1/s1. The first-order valence-corrected chi connectivity index (χ1v) is 14.1. The zero-order valence-electron chi connectivity index (χ0n) is 23.0. The lowest BCUT2D eigenvalue weighted by Crippen LogP contribution is -2.70. The number of fused-ring (bicyclic) bond motifs is 1. The number of piperazine rings is 1. The molecule has 6 amide bonds. The van der Waals surface area contributed by atoms with Crippen molar-refractivity contribution in [1.29, 1.82) is 0 Å². The second-order valence-corrected chi connectivity index (χ2v) is 10.6. The Hall–Kier alpha value is -4.93. The summed E-state index contributed by atoms with van der Waals surface area (Å²) in [5, 5.41) is 15.7. The van der Waals surface area contributed by atoms with Gasteiger partial charge in [-0.05, 0) is 12.5 Å². The van der Waals surface area contributed by atoms with E-state index < -0.39 is 64.9 Å². The molecule has 0 spiro atoms. The number of carbonyl (C=O) groups is 8. The molecule has 3 heterocycles. The number of hydrogen-bond donors (Lipinski definition) is 3. The number of carbonyl (C=O) groups excluding carboxylic acids is 7. The molecule has 0 aliphatic carbocycles. The van der Waals surface area contributed by atoms with Crippen molar-refractivity contribution in [2.75, 3.05) is 25.4 Å². The zero-order valence-corrected chi connectivity index (χ0v) is 23.8. The van der Waals surface area contributed by atoms with Crippen LogP contribution in [-0.2, 0) is 43.1 Å². The normalized spacial score (nSPS) is 21.3. The second-order valence-electron chi connectivity index (χ2n) is 9.46. The van der Waals surface area contributed by atoms with Crippen LogP contribution in [0.4, 0.5) is 0 Å². The van der Waals surface area contributed by atoms with Gasteiger partial charge in [-0.15, -0.1) is 11.8 Å². The number of hydrazine groups is 1. The van der Waals surface area contributed by atoms with Gasteiger partial charge >= 0.3 is 23.8 Å². The van der Waals surface area contributed by atoms with Crippen molar-refractivity contribution in [2.24, 2.45) is 0 Å². The summed E-state index contributed by atoms with van der Waals surface area (Å²) in [6, 6.07) is 5.27. The monoisotopic (exact) mass is 616 g/mol. The molecule has 4 rings (SSSR count). The molecule has 228 valence electrons. The van der Waals surface area contributed by atoms with Crippen LogP contribution in [0.2, 0.25) is 0 Å². The van der Waals surface area contributed by atoms with Gasteiger partial charge in [-0.1, -0.05) is 30.3 Å². The molecule has 4 atom stereocenters. The highest BCUT2D eigenvalue weighted by atomic mass is 32.2. The highest BCUT2D eigenvalue weighted by Crippen LogP contribution is 2.41. The van der Waals surface area contributed by atoms with Crippen LogP contribution in [0.5, 0.6) is 0 Å². The van der Waals surface area contributed by atoms with Gasteiger partial charge in [-0.25, -0.2) is 14.8 Å². The number of ether oxygens (including phenoxy) is 1. The van der Waals surface area contributed by atoms with E-state index in [9.17, 15) is 43.5 Å². The summed E-state index contributed by atoms with van der Waals surface area (Å²) in [4.78, 5) is 102. The van der Waals surface area contributed by atoms with Gasteiger partial charge in [0.25, 0.3) is 11.8 Å². The van der Waals surface area contributed by atoms with Gasteiger partial charge in [0.05, 0.1) is 6.54 Å². The number of esters is 1. The van der Waals surface area contributed by atoms with E-state index in [1.54, 1.807) is 25.1 Å². The van der Waals surface area contributed by atoms with E-state index in [4.69, 9.17) is 4.74 Å². The van der Waals surface area contributed by atoms with Crippen molar-refractivity contribution in [3.63, 3.8) is 0 Å². The highest BCUT2D eigenvalue weighted by molar-refractivity contribution is 8.00. The fraction of sp³-hybridized carbons (Fsp3) is 0.385. The largest absolute Gasteiger partial charge is 0.477 e. The predicted octanol–water partition coefficient (Wildman–Crippen LogP) is -1.83. The lowest BCUT2D eigenvalue weighted by atomic mass is 10.0. The minimum absolute atomic E-state index is 0.0967. The van der Waals surface area contributed by atoms with Crippen LogP contribution in [0.3, 0.4) is 0 Å². The van der Waals surface area contributed by atoms with E-state index in [1.807, 2.05) is 0 Å². The highest BCUT2D eigenvalue weighted by Gasteiger charge is 2.55. The number of nitrogens with zero attached hydrogens (tertiary/aromatic N) is 4. The minimum Gasteiger partial charge on any atom is -0.477 e. The summed E-state index contributed by atoms with van der Waals surface area (Å²) in [5.41, 5.74) is -0.454. The van der Waals surface area contributed by atoms with Crippen LogP contribution >= 0.6 is 11.8 Å².